The SMILES string of the molecule is COC1CCCC(Oc2cc(C)ccc2C(N)=S)C1. The molecule has 1 fully saturated rings. The molecule has 1 aliphatic carbocycles. The number of hydrogen-bond acceptors (Lipinski definition) is 3. The zero-order valence-corrected chi connectivity index (χ0v) is 12.3. The topological polar surface area (TPSA) is 44.5 Å². The molecular formula is C15H21NO2S. The molecule has 1 aliphatic rings. The van der Waals surface area contributed by atoms with Gasteiger partial charge in [-0.05, 0) is 43.9 Å². The molecule has 0 spiro atoms. The molecule has 0 amide bonds. The minimum atomic E-state index is 0.189. The number of rotatable bonds is 4. The molecule has 0 aromatic heterocycles. The van der Waals surface area contributed by atoms with Crippen LogP contribution in [0.3, 0.4) is 0 Å². The number of benzene rings is 1. The molecule has 1 aromatic carbocycles. The van der Waals surface area contributed by atoms with Gasteiger partial charge in [0, 0.05) is 13.5 Å². The van der Waals surface area contributed by atoms with Crippen LogP contribution in [0.4, 0.5) is 0 Å². The van der Waals surface area contributed by atoms with Crippen LogP contribution >= 0.6 is 12.2 Å². The highest BCUT2D eigenvalue weighted by atomic mass is 32.1. The molecule has 1 saturated carbocycles. The third kappa shape index (κ3) is 3.67. The van der Waals surface area contributed by atoms with Gasteiger partial charge in [-0.2, -0.15) is 0 Å². The second kappa shape index (κ2) is 6.35. The minimum absolute atomic E-state index is 0.189. The molecule has 104 valence electrons. The Morgan fingerprint density at radius 2 is 2.05 bits per heavy atom. The van der Waals surface area contributed by atoms with Crippen LogP contribution in [0.15, 0.2) is 18.2 Å². The lowest BCUT2D eigenvalue weighted by atomic mass is 9.95. The van der Waals surface area contributed by atoms with Crippen molar-refractivity contribution >= 4 is 17.2 Å². The molecule has 2 atom stereocenters. The number of nitrogens with two attached hydrogens (primary N) is 1. The van der Waals surface area contributed by atoms with Crippen LogP contribution in [0.5, 0.6) is 5.75 Å². The number of thiocarbonyl (C=S) groups is 1. The predicted octanol–water partition coefficient (Wildman–Crippen LogP) is 2.97. The van der Waals surface area contributed by atoms with Crippen molar-refractivity contribution in [2.24, 2.45) is 5.73 Å². The van der Waals surface area contributed by atoms with Gasteiger partial charge >= 0.3 is 0 Å². The molecular weight excluding hydrogens is 258 g/mol. The molecule has 2 N–H and O–H groups in total. The summed E-state index contributed by atoms with van der Waals surface area (Å²) in [5.41, 5.74) is 7.72. The van der Waals surface area contributed by atoms with E-state index in [1.54, 1.807) is 7.11 Å². The van der Waals surface area contributed by atoms with Gasteiger partial charge in [0.1, 0.15) is 16.8 Å². The summed E-state index contributed by atoms with van der Waals surface area (Å²) >= 11 is 5.08. The Hall–Kier alpha value is -1.13. The molecule has 0 radical (unpaired) electrons. The lowest BCUT2D eigenvalue weighted by molar-refractivity contribution is 0.0209. The quantitative estimate of drug-likeness (QED) is 0.861. The Morgan fingerprint density at radius 3 is 2.74 bits per heavy atom. The van der Waals surface area contributed by atoms with E-state index in [0.717, 1.165) is 42.6 Å². The highest BCUT2D eigenvalue weighted by molar-refractivity contribution is 7.80. The van der Waals surface area contributed by atoms with Crippen molar-refractivity contribution in [2.75, 3.05) is 7.11 Å². The first-order valence-corrected chi connectivity index (χ1v) is 7.11. The predicted molar refractivity (Wildman–Crippen MR) is 80.7 cm³/mol. The average molecular weight is 279 g/mol. The third-order valence-corrected chi connectivity index (χ3v) is 3.83. The zero-order valence-electron chi connectivity index (χ0n) is 11.5. The third-order valence-electron chi connectivity index (χ3n) is 3.61. The Balaban J connectivity index is 2.13. The second-order valence-electron chi connectivity index (χ2n) is 5.13. The van der Waals surface area contributed by atoms with E-state index in [1.165, 1.54) is 0 Å². The zero-order chi connectivity index (χ0) is 13.8. The fourth-order valence-electron chi connectivity index (χ4n) is 2.53. The van der Waals surface area contributed by atoms with Crippen molar-refractivity contribution in [3.8, 4) is 5.75 Å². The summed E-state index contributed by atoms with van der Waals surface area (Å²) in [6.45, 7) is 2.04. The molecule has 0 aliphatic heterocycles. The summed E-state index contributed by atoms with van der Waals surface area (Å²) < 4.78 is 11.5. The molecule has 0 bridgehead atoms. The summed E-state index contributed by atoms with van der Waals surface area (Å²) in [7, 11) is 1.76. The molecule has 2 unspecified atom stereocenters. The first-order valence-electron chi connectivity index (χ1n) is 6.70. The van der Waals surface area contributed by atoms with Crippen LogP contribution in [-0.2, 0) is 4.74 Å². The summed E-state index contributed by atoms with van der Waals surface area (Å²) in [6.07, 6.45) is 4.74. The second-order valence-corrected chi connectivity index (χ2v) is 5.57. The van der Waals surface area contributed by atoms with Gasteiger partial charge in [-0.1, -0.05) is 18.3 Å². The van der Waals surface area contributed by atoms with E-state index in [0.29, 0.717) is 11.1 Å². The van der Waals surface area contributed by atoms with Gasteiger partial charge in [-0.3, -0.25) is 0 Å². The molecule has 0 saturated heterocycles. The minimum Gasteiger partial charge on any atom is -0.490 e. The van der Waals surface area contributed by atoms with Crippen molar-refractivity contribution in [1.82, 2.24) is 0 Å². The highest BCUT2D eigenvalue weighted by Gasteiger charge is 2.24. The summed E-state index contributed by atoms with van der Waals surface area (Å²) in [6, 6.07) is 5.94. The first kappa shape index (κ1) is 14.3. The summed E-state index contributed by atoms with van der Waals surface area (Å²) in [5.74, 6) is 0.800. The van der Waals surface area contributed by atoms with Crippen molar-refractivity contribution in [1.29, 1.82) is 0 Å². The fraction of sp³-hybridized carbons (Fsp3) is 0.533. The monoisotopic (exact) mass is 279 g/mol. The molecule has 4 heteroatoms. The Kier molecular flexibility index (Phi) is 4.77. The van der Waals surface area contributed by atoms with E-state index >= 15 is 0 Å². The van der Waals surface area contributed by atoms with Crippen LogP contribution in [-0.4, -0.2) is 24.3 Å². The normalized spacial score (nSPS) is 23.1. The summed E-state index contributed by atoms with van der Waals surface area (Å²) in [5, 5.41) is 0. The first-order chi connectivity index (χ1) is 9.10. The smallest absolute Gasteiger partial charge is 0.130 e. The largest absolute Gasteiger partial charge is 0.490 e. The van der Waals surface area contributed by atoms with Crippen molar-refractivity contribution < 1.29 is 9.47 Å². The maximum Gasteiger partial charge on any atom is 0.130 e. The molecule has 2 rings (SSSR count). The van der Waals surface area contributed by atoms with E-state index in [-0.39, 0.29) is 6.10 Å². The van der Waals surface area contributed by atoms with Gasteiger partial charge < -0.3 is 15.2 Å². The van der Waals surface area contributed by atoms with Gasteiger partial charge in [0.25, 0.3) is 0 Å². The maximum atomic E-state index is 6.11. The number of ether oxygens (including phenoxy) is 2. The molecule has 3 nitrogen and oxygen atoms in total. The molecule has 0 heterocycles. The lowest BCUT2D eigenvalue weighted by Gasteiger charge is -2.29. The van der Waals surface area contributed by atoms with Gasteiger partial charge in [0.05, 0.1) is 11.7 Å². The van der Waals surface area contributed by atoms with Crippen LogP contribution in [0.25, 0.3) is 0 Å². The average Bonchev–Trinajstić information content (AvgIpc) is 2.38. The van der Waals surface area contributed by atoms with Crippen LogP contribution < -0.4 is 10.5 Å². The molecule has 1 aromatic rings. The van der Waals surface area contributed by atoms with E-state index < -0.39 is 0 Å². The van der Waals surface area contributed by atoms with E-state index in [2.05, 4.69) is 0 Å². The van der Waals surface area contributed by atoms with Crippen LogP contribution in [0, 0.1) is 6.92 Å². The van der Waals surface area contributed by atoms with Gasteiger partial charge in [0.2, 0.25) is 0 Å². The van der Waals surface area contributed by atoms with Crippen LogP contribution in [0.2, 0.25) is 0 Å². The summed E-state index contributed by atoms with van der Waals surface area (Å²) in [4.78, 5) is 0.383. The van der Waals surface area contributed by atoms with E-state index in [9.17, 15) is 0 Å². The Morgan fingerprint density at radius 1 is 1.32 bits per heavy atom. The maximum absolute atomic E-state index is 6.11. The number of methoxy groups -OCH3 is 1. The van der Waals surface area contributed by atoms with Crippen molar-refractivity contribution in [2.45, 2.75) is 44.8 Å². The van der Waals surface area contributed by atoms with Crippen LogP contribution in [0.1, 0.15) is 36.8 Å². The van der Waals surface area contributed by atoms with Crippen molar-refractivity contribution in [3.05, 3.63) is 29.3 Å². The van der Waals surface area contributed by atoms with E-state index in [1.807, 2.05) is 25.1 Å². The standard InChI is InChI=1S/C15H21NO2S/c1-10-6-7-13(15(16)19)14(8-10)18-12-5-3-4-11(9-12)17-2/h6-8,11-12H,3-5,9H2,1-2H3,(H2,16,19). The van der Waals surface area contributed by atoms with Gasteiger partial charge in [-0.25, -0.2) is 0 Å². The Bertz CT molecular complexity index is 461. The number of hydrogen-bond donors (Lipinski definition) is 1. The lowest BCUT2D eigenvalue weighted by Crippen LogP contribution is -2.30. The fourth-order valence-corrected chi connectivity index (χ4v) is 2.70. The van der Waals surface area contributed by atoms with Gasteiger partial charge in [0.15, 0.2) is 0 Å². The molecule has 19 heavy (non-hydrogen) atoms. The number of aryl methyl sites for hydroxylation is 1. The highest BCUT2D eigenvalue weighted by Crippen LogP contribution is 2.28. The van der Waals surface area contributed by atoms with E-state index in [4.69, 9.17) is 27.4 Å². The Labute approximate surface area is 120 Å². The van der Waals surface area contributed by atoms with Gasteiger partial charge in [-0.15, -0.1) is 0 Å². The van der Waals surface area contributed by atoms with Crippen molar-refractivity contribution in [3.63, 3.8) is 0 Å².